The van der Waals surface area contributed by atoms with E-state index in [2.05, 4.69) is 0 Å². The second-order valence-electron chi connectivity index (χ2n) is 4.59. The minimum atomic E-state index is -0.745. The maximum Gasteiger partial charge on any atom is 0.321 e. The first-order valence-corrected chi connectivity index (χ1v) is 5.25. The summed E-state index contributed by atoms with van der Waals surface area (Å²) < 4.78 is 4.74. The smallest absolute Gasteiger partial charge is 0.321 e. The van der Waals surface area contributed by atoms with Gasteiger partial charge in [-0.25, -0.2) is 0 Å². The van der Waals surface area contributed by atoms with Crippen LogP contribution in [0.25, 0.3) is 0 Å². The van der Waals surface area contributed by atoms with Crippen molar-refractivity contribution in [3.8, 4) is 0 Å². The quantitative estimate of drug-likeness (QED) is 0.401. The second-order valence-corrected chi connectivity index (χ2v) is 4.59. The molecule has 4 heteroatoms. The minimum absolute atomic E-state index is 0.0735. The highest BCUT2D eigenvalue weighted by atomic mass is 16.6. The van der Waals surface area contributed by atoms with E-state index in [-0.39, 0.29) is 24.4 Å². The van der Waals surface area contributed by atoms with Gasteiger partial charge in [0.2, 0.25) is 0 Å². The first kappa shape index (κ1) is 9.09. The molecule has 1 aliphatic heterocycles. The molecule has 0 radical (unpaired) electrons. The van der Waals surface area contributed by atoms with Gasteiger partial charge in [0.15, 0.2) is 0 Å². The van der Waals surface area contributed by atoms with Crippen LogP contribution < -0.4 is 0 Å². The number of hydrogen-bond acceptors (Lipinski definition) is 4. The number of hydrogen-bond donors (Lipinski definition) is 1. The zero-order chi connectivity index (χ0) is 10.6. The van der Waals surface area contributed by atoms with Gasteiger partial charge in [-0.05, 0) is 24.7 Å². The molecule has 0 spiro atoms. The number of ether oxygens (including phenoxy) is 1. The normalized spacial score (nSPS) is 46.1. The Morgan fingerprint density at radius 3 is 3.00 bits per heavy atom. The largest absolute Gasteiger partial charge is 0.396 e. The van der Waals surface area contributed by atoms with E-state index in [1.165, 1.54) is 0 Å². The summed E-state index contributed by atoms with van der Waals surface area (Å²) >= 11 is 0. The summed E-state index contributed by atoms with van der Waals surface area (Å²) in [5, 5.41) is 9.06. The highest BCUT2D eigenvalue weighted by Gasteiger charge is 2.68. The molecule has 0 amide bonds. The van der Waals surface area contributed by atoms with Crippen molar-refractivity contribution < 1.29 is 19.4 Å². The van der Waals surface area contributed by atoms with Gasteiger partial charge >= 0.3 is 11.9 Å². The molecule has 3 aliphatic rings. The van der Waals surface area contributed by atoms with Crippen LogP contribution in [0.2, 0.25) is 0 Å². The fraction of sp³-hybridized carbons (Fsp3) is 0.636. The Morgan fingerprint density at radius 2 is 2.27 bits per heavy atom. The van der Waals surface area contributed by atoms with Crippen LogP contribution in [-0.2, 0) is 14.3 Å². The summed E-state index contributed by atoms with van der Waals surface area (Å²) in [5.41, 5.74) is -0.745. The number of allylic oxidation sites excluding steroid dienone is 2. The first-order chi connectivity index (χ1) is 7.20. The minimum Gasteiger partial charge on any atom is -0.396 e. The molecule has 1 saturated carbocycles. The van der Waals surface area contributed by atoms with Gasteiger partial charge in [0.05, 0.1) is 11.3 Å². The molecule has 1 N–H and O–H groups in total. The SMILES string of the molecule is O=C1OC(=O)C2(CCO)C3C=CC(C3)C12. The summed E-state index contributed by atoms with van der Waals surface area (Å²) in [5.74, 6) is -0.944. The van der Waals surface area contributed by atoms with E-state index in [0.717, 1.165) is 6.42 Å². The fourth-order valence-corrected chi connectivity index (χ4v) is 3.51. The lowest BCUT2D eigenvalue weighted by molar-refractivity contribution is -0.156. The lowest BCUT2D eigenvalue weighted by Crippen LogP contribution is -2.38. The number of carbonyl (C=O) groups is 2. The Bertz CT molecular complexity index is 373. The third-order valence-electron chi connectivity index (χ3n) is 4.11. The standard InChI is InChI=1S/C11H12O4/c12-4-3-11-7-2-1-6(5-7)8(11)9(13)15-10(11)14/h1-2,6-8,12H,3-5H2. The Kier molecular flexibility index (Phi) is 1.63. The van der Waals surface area contributed by atoms with Crippen molar-refractivity contribution in [3.63, 3.8) is 0 Å². The average molecular weight is 208 g/mol. The molecule has 0 aromatic heterocycles. The van der Waals surface area contributed by atoms with Gasteiger partial charge in [-0.15, -0.1) is 0 Å². The van der Waals surface area contributed by atoms with Gasteiger partial charge < -0.3 is 9.84 Å². The fourth-order valence-electron chi connectivity index (χ4n) is 3.51. The van der Waals surface area contributed by atoms with Crippen molar-refractivity contribution in [1.82, 2.24) is 0 Å². The van der Waals surface area contributed by atoms with Crippen LogP contribution in [0.1, 0.15) is 12.8 Å². The van der Waals surface area contributed by atoms with Crippen molar-refractivity contribution >= 4 is 11.9 Å². The van der Waals surface area contributed by atoms with Gasteiger partial charge in [0.25, 0.3) is 0 Å². The molecule has 15 heavy (non-hydrogen) atoms. The summed E-state index contributed by atoms with van der Waals surface area (Å²) in [6.45, 7) is -0.0735. The molecule has 4 atom stereocenters. The highest BCUT2D eigenvalue weighted by molar-refractivity contribution is 6.00. The van der Waals surface area contributed by atoms with Crippen LogP contribution in [0.5, 0.6) is 0 Å². The molecule has 2 bridgehead atoms. The molecule has 3 rings (SSSR count). The van der Waals surface area contributed by atoms with Crippen LogP contribution in [0, 0.1) is 23.2 Å². The monoisotopic (exact) mass is 208 g/mol. The molecule has 1 heterocycles. The van der Waals surface area contributed by atoms with Crippen molar-refractivity contribution in [2.45, 2.75) is 12.8 Å². The van der Waals surface area contributed by atoms with Crippen molar-refractivity contribution in [2.24, 2.45) is 23.2 Å². The molecular formula is C11H12O4. The lowest BCUT2D eigenvalue weighted by Gasteiger charge is -2.30. The van der Waals surface area contributed by atoms with Crippen LogP contribution in [0.15, 0.2) is 12.2 Å². The van der Waals surface area contributed by atoms with Crippen molar-refractivity contribution in [1.29, 1.82) is 0 Å². The van der Waals surface area contributed by atoms with Crippen molar-refractivity contribution in [3.05, 3.63) is 12.2 Å². The molecule has 0 aromatic carbocycles. The number of rotatable bonds is 2. The van der Waals surface area contributed by atoms with Crippen LogP contribution in [0.3, 0.4) is 0 Å². The van der Waals surface area contributed by atoms with Gasteiger partial charge in [-0.3, -0.25) is 9.59 Å². The van der Waals surface area contributed by atoms with E-state index in [1.807, 2.05) is 12.2 Å². The maximum absolute atomic E-state index is 11.8. The first-order valence-electron chi connectivity index (χ1n) is 5.25. The number of aliphatic hydroxyl groups excluding tert-OH is 1. The number of esters is 2. The van der Waals surface area contributed by atoms with E-state index in [4.69, 9.17) is 9.84 Å². The van der Waals surface area contributed by atoms with Crippen LogP contribution >= 0.6 is 0 Å². The van der Waals surface area contributed by atoms with Crippen LogP contribution in [0.4, 0.5) is 0 Å². The van der Waals surface area contributed by atoms with E-state index < -0.39 is 17.4 Å². The topological polar surface area (TPSA) is 63.6 Å². The lowest BCUT2D eigenvalue weighted by atomic mass is 9.68. The number of aliphatic hydroxyl groups is 1. The summed E-state index contributed by atoms with van der Waals surface area (Å²) in [4.78, 5) is 23.4. The molecule has 1 saturated heterocycles. The van der Waals surface area contributed by atoms with Gasteiger partial charge in [0, 0.05) is 6.61 Å². The Labute approximate surface area is 86.9 Å². The molecule has 4 unspecified atom stereocenters. The predicted molar refractivity (Wildman–Crippen MR) is 49.5 cm³/mol. The number of cyclic esters (lactones) is 2. The molecule has 80 valence electrons. The third kappa shape index (κ3) is 0.862. The molecule has 4 nitrogen and oxygen atoms in total. The van der Waals surface area contributed by atoms with E-state index in [1.54, 1.807) is 0 Å². The Morgan fingerprint density at radius 1 is 1.47 bits per heavy atom. The number of carbonyl (C=O) groups excluding carboxylic acids is 2. The van der Waals surface area contributed by atoms with E-state index >= 15 is 0 Å². The van der Waals surface area contributed by atoms with Crippen molar-refractivity contribution in [2.75, 3.05) is 6.61 Å². The summed E-state index contributed by atoms with van der Waals surface area (Å²) in [6, 6.07) is 0. The molecule has 2 aliphatic carbocycles. The summed E-state index contributed by atoms with van der Waals surface area (Å²) in [7, 11) is 0. The summed E-state index contributed by atoms with van der Waals surface area (Å²) in [6.07, 6.45) is 5.20. The molecule has 0 aromatic rings. The van der Waals surface area contributed by atoms with E-state index in [9.17, 15) is 9.59 Å². The Hall–Kier alpha value is -1.16. The Balaban J connectivity index is 2.10. The average Bonchev–Trinajstić information content (AvgIpc) is 2.81. The third-order valence-corrected chi connectivity index (χ3v) is 4.11. The zero-order valence-corrected chi connectivity index (χ0v) is 8.18. The van der Waals surface area contributed by atoms with Gasteiger partial charge in [0.1, 0.15) is 0 Å². The second kappa shape index (κ2) is 2.70. The highest BCUT2D eigenvalue weighted by Crippen LogP contribution is 2.61. The molecular weight excluding hydrogens is 196 g/mol. The van der Waals surface area contributed by atoms with Crippen LogP contribution in [-0.4, -0.2) is 23.7 Å². The van der Waals surface area contributed by atoms with E-state index in [0.29, 0.717) is 6.42 Å². The zero-order valence-electron chi connectivity index (χ0n) is 8.18. The molecule has 2 fully saturated rings. The maximum atomic E-state index is 11.8. The predicted octanol–water partition coefficient (Wildman–Crippen LogP) is 0.261. The van der Waals surface area contributed by atoms with Gasteiger partial charge in [-0.2, -0.15) is 0 Å². The van der Waals surface area contributed by atoms with Gasteiger partial charge in [-0.1, -0.05) is 12.2 Å². The number of fused-ring (bicyclic) bond motifs is 5.